The van der Waals surface area contributed by atoms with E-state index in [0.29, 0.717) is 6.42 Å². The summed E-state index contributed by atoms with van der Waals surface area (Å²) in [5.41, 5.74) is 2.67. The number of carbonyl (C=O) groups is 1. The molecule has 0 aromatic heterocycles. The highest BCUT2D eigenvalue weighted by atomic mass is 16.2. The number of aryl methyl sites for hydroxylation is 1. The monoisotopic (exact) mass is 217 g/mol. The number of rotatable bonds is 3. The van der Waals surface area contributed by atoms with Crippen molar-refractivity contribution in [1.29, 1.82) is 0 Å². The topological polar surface area (TPSA) is 29.1 Å². The van der Waals surface area contributed by atoms with Gasteiger partial charge in [0, 0.05) is 12.0 Å². The Morgan fingerprint density at radius 1 is 1.38 bits per heavy atom. The highest BCUT2D eigenvalue weighted by Crippen LogP contribution is 2.28. The standard InChI is InChI=1S/C14H19NO/c1-3-14(9-8-13(16)15-14)10-12-7-5-4-6-11(12)2/h4-7H,3,8-10H2,1-2H3,(H,15,16). The summed E-state index contributed by atoms with van der Waals surface area (Å²) in [6.45, 7) is 4.29. The van der Waals surface area contributed by atoms with Gasteiger partial charge in [-0.3, -0.25) is 4.79 Å². The van der Waals surface area contributed by atoms with E-state index >= 15 is 0 Å². The van der Waals surface area contributed by atoms with Gasteiger partial charge in [-0.25, -0.2) is 0 Å². The number of carbonyl (C=O) groups excluding carboxylic acids is 1. The first-order valence-corrected chi connectivity index (χ1v) is 6.01. The van der Waals surface area contributed by atoms with Crippen molar-refractivity contribution in [3.63, 3.8) is 0 Å². The third-order valence-electron chi connectivity index (χ3n) is 3.70. The molecule has 1 amide bonds. The molecule has 1 unspecified atom stereocenters. The largest absolute Gasteiger partial charge is 0.350 e. The number of amides is 1. The van der Waals surface area contributed by atoms with E-state index in [4.69, 9.17) is 0 Å². The van der Waals surface area contributed by atoms with E-state index in [1.807, 2.05) is 0 Å². The molecule has 1 atom stereocenters. The smallest absolute Gasteiger partial charge is 0.220 e. The summed E-state index contributed by atoms with van der Waals surface area (Å²) in [5, 5.41) is 3.15. The molecule has 0 saturated carbocycles. The predicted molar refractivity (Wildman–Crippen MR) is 65.3 cm³/mol. The zero-order valence-corrected chi connectivity index (χ0v) is 10.0. The Hall–Kier alpha value is -1.31. The lowest BCUT2D eigenvalue weighted by atomic mass is 9.85. The molecule has 1 aromatic carbocycles. The SMILES string of the molecule is CCC1(Cc2ccccc2C)CCC(=O)N1. The quantitative estimate of drug-likeness (QED) is 0.828. The molecule has 1 aromatic rings. The second-order valence-electron chi connectivity index (χ2n) is 4.79. The maximum atomic E-state index is 11.4. The third kappa shape index (κ3) is 2.11. The van der Waals surface area contributed by atoms with Crippen LogP contribution in [0.1, 0.15) is 37.3 Å². The number of nitrogens with one attached hydrogen (secondary N) is 1. The lowest BCUT2D eigenvalue weighted by Crippen LogP contribution is -2.43. The van der Waals surface area contributed by atoms with Crippen LogP contribution in [0.5, 0.6) is 0 Å². The fraction of sp³-hybridized carbons (Fsp3) is 0.500. The minimum Gasteiger partial charge on any atom is -0.350 e. The average Bonchev–Trinajstić information content (AvgIpc) is 2.65. The highest BCUT2D eigenvalue weighted by Gasteiger charge is 2.36. The first kappa shape index (κ1) is 11.2. The number of benzene rings is 1. The van der Waals surface area contributed by atoms with Crippen LogP contribution in [0.2, 0.25) is 0 Å². The minimum atomic E-state index is 0.00317. The summed E-state index contributed by atoms with van der Waals surface area (Å²) in [6.07, 6.45) is 3.62. The van der Waals surface area contributed by atoms with Gasteiger partial charge in [-0.15, -0.1) is 0 Å². The summed E-state index contributed by atoms with van der Waals surface area (Å²) < 4.78 is 0. The second-order valence-corrected chi connectivity index (χ2v) is 4.79. The van der Waals surface area contributed by atoms with Crippen molar-refractivity contribution < 1.29 is 4.79 Å². The van der Waals surface area contributed by atoms with Gasteiger partial charge in [0.1, 0.15) is 0 Å². The third-order valence-corrected chi connectivity index (χ3v) is 3.70. The molecule has 16 heavy (non-hydrogen) atoms. The second kappa shape index (κ2) is 4.28. The Morgan fingerprint density at radius 3 is 2.69 bits per heavy atom. The van der Waals surface area contributed by atoms with Gasteiger partial charge in [-0.05, 0) is 37.3 Å². The van der Waals surface area contributed by atoms with Gasteiger partial charge in [0.15, 0.2) is 0 Å². The molecule has 1 heterocycles. The predicted octanol–water partition coefficient (Wildman–Crippen LogP) is 2.60. The molecular weight excluding hydrogens is 198 g/mol. The van der Waals surface area contributed by atoms with Gasteiger partial charge in [0.25, 0.3) is 0 Å². The zero-order chi connectivity index (χ0) is 11.6. The van der Waals surface area contributed by atoms with Gasteiger partial charge < -0.3 is 5.32 Å². The van der Waals surface area contributed by atoms with Crippen molar-refractivity contribution in [3.05, 3.63) is 35.4 Å². The van der Waals surface area contributed by atoms with Gasteiger partial charge in [-0.2, -0.15) is 0 Å². The normalized spacial score (nSPS) is 24.5. The molecule has 1 aliphatic heterocycles. The van der Waals surface area contributed by atoms with E-state index in [1.165, 1.54) is 11.1 Å². The Kier molecular flexibility index (Phi) is 2.99. The molecule has 1 N–H and O–H groups in total. The first-order valence-electron chi connectivity index (χ1n) is 6.01. The van der Waals surface area contributed by atoms with Crippen LogP contribution in [-0.4, -0.2) is 11.4 Å². The van der Waals surface area contributed by atoms with Crippen molar-refractivity contribution in [1.82, 2.24) is 5.32 Å². The highest BCUT2D eigenvalue weighted by molar-refractivity contribution is 5.79. The maximum absolute atomic E-state index is 11.4. The summed E-state index contributed by atoms with van der Waals surface area (Å²) in [7, 11) is 0. The minimum absolute atomic E-state index is 0.00317. The van der Waals surface area contributed by atoms with Crippen LogP contribution in [0.4, 0.5) is 0 Å². The van der Waals surface area contributed by atoms with Crippen LogP contribution in [0.15, 0.2) is 24.3 Å². The molecule has 1 fully saturated rings. The molecule has 1 saturated heterocycles. The fourth-order valence-electron chi connectivity index (χ4n) is 2.47. The van der Waals surface area contributed by atoms with Crippen LogP contribution < -0.4 is 5.32 Å². The van der Waals surface area contributed by atoms with Crippen LogP contribution >= 0.6 is 0 Å². The molecule has 1 aliphatic rings. The fourth-order valence-corrected chi connectivity index (χ4v) is 2.47. The first-order chi connectivity index (χ1) is 7.65. The van der Waals surface area contributed by atoms with Crippen molar-refractivity contribution in [3.8, 4) is 0 Å². The molecular formula is C14H19NO. The van der Waals surface area contributed by atoms with Crippen molar-refractivity contribution in [2.75, 3.05) is 0 Å². The Morgan fingerprint density at radius 2 is 2.12 bits per heavy atom. The van der Waals surface area contributed by atoms with E-state index in [1.54, 1.807) is 0 Å². The van der Waals surface area contributed by atoms with Gasteiger partial charge in [0.05, 0.1) is 0 Å². The maximum Gasteiger partial charge on any atom is 0.220 e. The zero-order valence-electron chi connectivity index (χ0n) is 10.0. The molecule has 0 spiro atoms. The lowest BCUT2D eigenvalue weighted by molar-refractivity contribution is -0.119. The molecule has 2 heteroatoms. The molecule has 0 radical (unpaired) electrons. The van der Waals surface area contributed by atoms with Gasteiger partial charge >= 0.3 is 0 Å². The van der Waals surface area contributed by atoms with Crippen LogP contribution in [0, 0.1) is 6.92 Å². The summed E-state index contributed by atoms with van der Waals surface area (Å²) in [5.74, 6) is 0.204. The van der Waals surface area contributed by atoms with Crippen LogP contribution in [0.3, 0.4) is 0 Å². The van der Waals surface area contributed by atoms with Gasteiger partial charge in [0.2, 0.25) is 5.91 Å². The summed E-state index contributed by atoms with van der Waals surface area (Å²) >= 11 is 0. The number of hydrogen-bond acceptors (Lipinski definition) is 1. The summed E-state index contributed by atoms with van der Waals surface area (Å²) in [6, 6.07) is 8.43. The van der Waals surface area contributed by atoms with Crippen molar-refractivity contribution in [2.24, 2.45) is 0 Å². The van der Waals surface area contributed by atoms with E-state index in [0.717, 1.165) is 19.3 Å². The molecule has 0 aliphatic carbocycles. The van der Waals surface area contributed by atoms with E-state index in [9.17, 15) is 4.79 Å². The molecule has 2 nitrogen and oxygen atoms in total. The van der Waals surface area contributed by atoms with Crippen LogP contribution in [0.25, 0.3) is 0 Å². The Balaban J connectivity index is 2.19. The lowest BCUT2D eigenvalue weighted by Gasteiger charge is -2.28. The van der Waals surface area contributed by atoms with E-state index in [2.05, 4.69) is 43.4 Å². The summed E-state index contributed by atoms with van der Waals surface area (Å²) in [4.78, 5) is 11.4. The molecule has 86 valence electrons. The van der Waals surface area contributed by atoms with E-state index < -0.39 is 0 Å². The van der Waals surface area contributed by atoms with Crippen molar-refractivity contribution in [2.45, 2.75) is 45.1 Å². The number of hydrogen-bond donors (Lipinski definition) is 1. The molecule has 2 rings (SSSR count). The van der Waals surface area contributed by atoms with Crippen molar-refractivity contribution >= 4 is 5.91 Å². The van der Waals surface area contributed by atoms with E-state index in [-0.39, 0.29) is 11.4 Å². The van der Waals surface area contributed by atoms with Crippen LogP contribution in [-0.2, 0) is 11.2 Å². The van der Waals surface area contributed by atoms with Gasteiger partial charge in [-0.1, -0.05) is 31.2 Å². The Labute approximate surface area is 97.1 Å². The average molecular weight is 217 g/mol. The molecule has 0 bridgehead atoms. The Bertz CT molecular complexity index is 399.